The first-order valence-corrected chi connectivity index (χ1v) is 7.36. The Hall–Kier alpha value is 0.370. The van der Waals surface area contributed by atoms with Gasteiger partial charge in [-0.05, 0) is 0 Å². The van der Waals surface area contributed by atoms with E-state index in [4.69, 9.17) is 0 Å². The van der Waals surface area contributed by atoms with E-state index in [0.29, 0.717) is 0 Å². The second-order valence-electron chi connectivity index (χ2n) is 3.95. The van der Waals surface area contributed by atoms with Gasteiger partial charge in [-0.25, -0.2) is 0 Å². The SMILES string of the molecule is CC(=O)OCC(I)CC(F)(F)C(F)(F)C(F)(F)C(F)(F)I. The van der Waals surface area contributed by atoms with Crippen LogP contribution in [0.5, 0.6) is 0 Å². The summed E-state index contributed by atoms with van der Waals surface area (Å²) in [5, 5.41) is 0. The number of esters is 1. The lowest BCUT2D eigenvalue weighted by Crippen LogP contribution is -2.60. The van der Waals surface area contributed by atoms with E-state index < -0.39 is 44.6 Å². The van der Waals surface area contributed by atoms with Crippen molar-refractivity contribution in [2.24, 2.45) is 0 Å². The Balaban J connectivity index is 5.16. The highest BCUT2D eigenvalue weighted by atomic mass is 127. The van der Waals surface area contributed by atoms with Crippen LogP contribution in [0.15, 0.2) is 0 Å². The minimum absolute atomic E-state index is 0.324. The van der Waals surface area contributed by atoms with E-state index in [2.05, 4.69) is 4.74 Å². The summed E-state index contributed by atoms with van der Waals surface area (Å²) in [5.41, 5.74) is 0. The minimum atomic E-state index is -6.27. The molecule has 0 radical (unpaired) electrons. The van der Waals surface area contributed by atoms with Gasteiger partial charge in [0.2, 0.25) is 0 Å². The maximum Gasteiger partial charge on any atom is 0.387 e. The van der Waals surface area contributed by atoms with Gasteiger partial charge in [0.25, 0.3) is 0 Å². The number of hydrogen-bond acceptors (Lipinski definition) is 2. The maximum atomic E-state index is 13.3. The Bertz CT molecular complexity index is 382. The summed E-state index contributed by atoms with van der Waals surface area (Å²) in [5.74, 6) is -18.8. The van der Waals surface area contributed by atoms with E-state index in [1.807, 2.05) is 0 Å². The molecule has 0 rings (SSSR count). The Morgan fingerprint density at radius 2 is 1.48 bits per heavy atom. The molecule has 0 saturated carbocycles. The van der Waals surface area contributed by atoms with Crippen molar-refractivity contribution in [2.75, 3.05) is 6.61 Å². The molecule has 1 atom stereocenters. The lowest BCUT2D eigenvalue weighted by atomic mass is 10.0. The number of halogens is 10. The lowest BCUT2D eigenvalue weighted by Gasteiger charge is -2.35. The number of alkyl halides is 10. The zero-order valence-corrected chi connectivity index (χ0v) is 14.4. The molecule has 12 heteroatoms. The Morgan fingerprint density at radius 3 is 1.81 bits per heavy atom. The molecule has 0 spiro atoms. The van der Waals surface area contributed by atoms with Crippen molar-refractivity contribution >= 4 is 51.2 Å². The summed E-state index contributed by atoms with van der Waals surface area (Å²) < 4.78 is 101. The highest BCUT2D eigenvalue weighted by Gasteiger charge is 2.79. The molecular weight excluding hydrogens is 546 g/mol. The molecule has 0 amide bonds. The molecule has 0 N–H and O–H groups in total. The van der Waals surface area contributed by atoms with Gasteiger partial charge in [-0.2, -0.15) is 35.1 Å². The Labute approximate surface area is 141 Å². The number of carbonyl (C=O) groups excluding carboxylic acids is 1. The molecule has 0 fully saturated rings. The summed E-state index contributed by atoms with van der Waals surface area (Å²) in [6.07, 6.45) is -1.86. The van der Waals surface area contributed by atoms with Gasteiger partial charge in [0.1, 0.15) is 6.61 Å². The van der Waals surface area contributed by atoms with E-state index in [1.54, 1.807) is 0 Å². The fraction of sp³-hybridized carbons (Fsp3) is 0.889. The second-order valence-corrected chi connectivity index (χ2v) is 7.07. The van der Waals surface area contributed by atoms with Crippen LogP contribution in [0.3, 0.4) is 0 Å². The van der Waals surface area contributed by atoms with Gasteiger partial charge in [-0.1, -0.05) is 22.6 Å². The van der Waals surface area contributed by atoms with E-state index in [-0.39, 0.29) is 22.6 Å². The molecule has 0 aromatic carbocycles. The van der Waals surface area contributed by atoms with Gasteiger partial charge in [0, 0.05) is 35.9 Å². The van der Waals surface area contributed by atoms with Crippen molar-refractivity contribution in [1.29, 1.82) is 0 Å². The first-order chi connectivity index (χ1) is 9.06. The molecule has 1 unspecified atom stereocenters. The van der Waals surface area contributed by atoms with E-state index in [1.165, 1.54) is 0 Å². The third-order valence-electron chi connectivity index (χ3n) is 2.16. The monoisotopic (exact) mass is 554 g/mol. The van der Waals surface area contributed by atoms with Crippen molar-refractivity contribution in [3.05, 3.63) is 0 Å². The van der Waals surface area contributed by atoms with E-state index in [0.717, 1.165) is 29.5 Å². The summed E-state index contributed by atoms with van der Waals surface area (Å²) in [6.45, 7) is 0.175. The number of hydrogen-bond donors (Lipinski definition) is 0. The third kappa shape index (κ3) is 4.92. The highest BCUT2D eigenvalue weighted by molar-refractivity contribution is 14.1. The molecule has 21 heavy (non-hydrogen) atoms. The standard InChI is InChI=1S/C9H8F8I2O2/c1-4(20)21-3-5(18)2-6(10,11)7(12,13)8(14,15)9(16,17)19/h5H,2-3H2,1H3. The van der Waals surface area contributed by atoms with Crippen LogP contribution in [0.1, 0.15) is 13.3 Å². The third-order valence-corrected chi connectivity index (χ3v) is 3.63. The van der Waals surface area contributed by atoms with Crippen molar-refractivity contribution in [3.8, 4) is 0 Å². The quantitative estimate of drug-likeness (QED) is 0.198. The fourth-order valence-corrected chi connectivity index (χ4v) is 2.15. The molecule has 0 aliphatic heterocycles. The molecule has 126 valence electrons. The van der Waals surface area contributed by atoms with Gasteiger partial charge < -0.3 is 4.74 Å². The summed E-state index contributed by atoms with van der Waals surface area (Å²) in [4.78, 5) is 10.4. The van der Waals surface area contributed by atoms with Crippen LogP contribution in [0, 0.1) is 0 Å². The average molecular weight is 554 g/mol. The zero-order chi connectivity index (χ0) is 17.3. The van der Waals surface area contributed by atoms with Gasteiger partial charge in [0.05, 0.1) is 3.92 Å². The molecule has 0 bridgehead atoms. The van der Waals surface area contributed by atoms with Crippen LogP contribution < -0.4 is 0 Å². The molecule has 0 saturated heterocycles. The second kappa shape index (κ2) is 6.86. The molecule has 0 aliphatic carbocycles. The topological polar surface area (TPSA) is 26.3 Å². The zero-order valence-electron chi connectivity index (χ0n) is 10.1. The van der Waals surface area contributed by atoms with Crippen LogP contribution in [0.2, 0.25) is 0 Å². The van der Waals surface area contributed by atoms with Crippen LogP contribution in [0.4, 0.5) is 35.1 Å². The summed E-state index contributed by atoms with van der Waals surface area (Å²) >= 11 is 0.840. The summed E-state index contributed by atoms with van der Waals surface area (Å²) in [6, 6.07) is 0. The summed E-state index contributed by atoms with van der Waals surface area (Å²) in [7, 11) is 0. The molecule has 0 aliphatic rings. The van der Waals surface area contributed by atoms with Gasteiger partial charge in [-0.3, -0.25) is 4.79 Å². The first kappa shape index (κ1) is 21.4. The molecule has 0 heterocycles. The van der Waals surface area contributed by atoms with Crippen molar-refractivity contribution in [2.45, 2.75) is 39.0 Å². The van der Waals surface area contributed by atoms with Crippen molar-refractivity contribution < 1.29 is 44.7 Å². The first-order valence-electron chi connectivity index (χ1n) is 5.04. The largest absolute Gasteiger partial charge is 0.465 e. The average Bonchev–Trinajstić information content (AvgIpc) is 2.23. The number of rotatable bonds is 7. The molecule has 2 nitrogen and oxygen atoms in total. The van der Waals surface area contributed by atoms with Crippen LogP contribution in [-0.4, -0.2) is 38.2 Å². The van der Waals surface area contributed by atoms with Crippen LogP contribution in [0.25, 0.3) is 0 Å². The predicted octanol–water partition coefficient (Wildman–Crippen LogP) is 4.68. The smallest absolute Gasteiger partial charge is 0.387 e. The lowest BCUT2D eigenvalue weighted by molar-refractivity contribution is -0.343. The Morgan fingerprint density at radius 1 is 1.05 bits per heavy atom. The normalized spacial score (nSPS) is 15.8. The molecule has 0 aromatic heterocycles. The fourth-order valence-electron chi connectivity index (χ4n) is 1.08. The van der Waals surface area contributed by atoms with Crippen LogP contribution >= 0.6 is 45.2 Å². The number of ether oxygens (including phenoxy) is 1. The van der Waals surface area contributed by atoms with Gasteiger partial charge in [-0.15, -0.1) is 0 Å². The minimum Gasteiger partial charge on any atom is -0.465 e. The molecular formula is C9H8F8I2O2. The van der Waals surface area contributed by atoms with E-state index >= 15 is 0 Å². The van der Waals surface area contributed by atoms with Crippen molar-refractivity contribution in [1.82, 2.24) is 0 Å². The molecule has 0 aromatic rings. The predicted molar refractivity (Wildman–Crippen MR) is 72.9 cm³/mol. The van der Waals surface area contributed by atoms with E-state index in [9.17, 15) is 39.9 Å². The highest BCUT2D eigenvalue weighted by Crippen LogP contribution is 2.56. The van der Waals surface area contributed by atoms with Gasteiger partial charge in [0.15, 0.2) is 0 Å². The van der Waals surface area contributed by atoms with Gasteiger partial charge >= 0.3 is 27.7 Å². The Kier molecular flexibility index (Phi) is 6.98. The van der Waals surface area contributed by atoms with Crippen LogP contribution in [-0.2, 0) is 9.53 Å². The number of carbonyl (C=O) groups is 1. The maximum absolute atomic E-state index is 13.3. The van der Waals surface area contributed by atoms with Crippen molar-refractivity contribution in [3.63, 3.8) is 0 Å².